The lowest BCUT2D eigenvalue weighted by Crippen LogP contribution is -2.55. The standard InChI is InChI=1S/C24H30N4O/c1-4-22(27-15-17(2)25-14-18(27)3)23-26-21-13-9-8-12-20(21)24(29)28(23)16-19-10-6-5-7-11-19/h5-13,17-18,22,25H,4,14-16H2,1-3H3. The molecule has 3 unspecified atom stereocenters. The molecule has 0 spiro atoms. The molecule has 3 atom stereocenters. The Morgan fingerprint density at radius 1 is 1.10 bits per heavy atom. The highest BCUT2D eigenvalue weighted by molar-refractivity contribution is 5.77. The minimum absolute atomic E-state index is 0.0451. The van der Waals surface area contributed by atoms with Crippen molar-refractivity contribution < 1.29 is 0 Å². The minimum atomic E-state index is 0.0451. The Morgan fingerprint density at radius 3 is 2.59 bits per heavy atom. The number of nitrogens with zero attached hydrogens (tertiary/aromatic N) is 3. The van der Waals surface area contributed by atoms with Gasteiger partial charge in [-0.3, -0.25) is 14.3 Å². The lowest BCUT2D eigenvalue weighted by molar-refractivity contribution is 0.0852. The second-order valence-corrected chi connectivity index (χ2v) is 8.14. The molecule has 1 fully saturated rings. The van der Waals surface area contributed by atoms with Gasteiger partial charge < -0.3 is 5.32 Å². The van der Waals surface area contributed by atoms with Crippen LogP contribution in [0.15, 0.2) is 59.4 Å². The first-order valence-corrected chi connectivity index (χ1v) is 10.6. The van der Waals surface area contributed by atoms with Gasteiger partial charge in [0.05, 0.1) is 23.5 Å². The summed E-state index contributed by atoms with van der Waals surface area (Å²) in [7, 11) is 0. The summed E-state index contributed by atoms with van der Waals surface area (Å²) in [6.45, 7) is 9.11. The molecule has 1 aromatic heterocycles. The van der Waals surface area contributed by atoms with E-state index in [4.69, 9.17) is 4.98 Å². The van der Waals surface area contributed by atoms with E-state index in [0.29, 0.717) is 24.0 Å². The zero-order valence-electron chi connectivity index (χ0n) is 17.5. The molecule has 0 radical (unpaired) electrons. The van der Waals surface area contributed by atoms with E-state index in [9.17, 15) is 4.79 Å². The largest absolute Gasteiger partial charge is 0.311 e. The highest BCUT2D eigenvalue weighted by atomic mass is 16.1. The SMILES string of the molecule is CCC(c1nc2ccccc2c(=O)n1Cc1ccccc1)N1CC(C)NCC1C. The van der Waals surface area contributed by atoms with Gasteiger partial charge in [-0.15, -0.1) is 0 Å². The molecule has 1 aliphatic rings. The van der Waals surface area contributed by atoms with Crippen LogP contribution in [0.2, 0.25) is 0 Å². The van der Waals surface area contributed by atoms with Crippen LogP contribution in [0.5, 0.6) is 0 Å². The maximum Gasteiger partial charge on any atom is 0.261 e. The Bertz CT molecular complexity index is 1030. The fourth-order valence-electron chi connectivity index (χ4n) is 4.41. The first-order chi connectivity index (χ1) is 14.1. The van der Waals surface area contributed by atoms with Gasteiger partial charge in [0.25, 0.3) is 5.56 Å². The van der Waals surface area contributed by atoms with Crippen molar-refractivity contribution in [2.75, 3.05) is 13.1 Å². The van der Waals surface area contributed by atoms with Crippen LogP contribution in [0.3, 0.4) is 0 Å². The molecular formula is C24H30N4O. The van der Waals surface area contributed by atoms with E-state index in [2.05, 4.69) is 43.1 Å². The summed E-state index contributed by atoms with van der Waals surface area (Å²) in [5.74, 6) is 0.876. The van der Waals surface area contributed by atoms with Crippen molar-refractivity contribution in [1.82, 2.24) is 19.8 Å². The summed E-state index contributed by atoms with van der Waals surface area (Å²) in [5, 5.41) is 4.24. The van der Waals surface area contributed by atoms with Crippen LogP contribution in [-0.4, -0.2) is 39.6 Å². The second-order valence-electron chi connectivity index (χ2n) is 8.14. The molecule has 2 heterocycles. The highest BCUT2D eigenvalue weighted by Gasteiger charge is 2.31. The third-order valence-electron chi connectivity index (χ3n) is 5.97. The molecule has 152 valence electrons. The minimum Gasteiger partial charge on any atom is -0.311 e. The van der Waals surface area contributed by atoms with Crippen LogP contribution in [0, 0.1) is 0 Å². The van der Waals surface area contributed by atoms with Crippen LogP contribution >= 0.6 is 0 Å². The van der Waals surface area contributed by atoms with E-state index >= 15 is 0 Å². The van der Waals surface area contributed by atoms with Gasteiger partial charge in [0.1, 0.15) is 5.82 Å². The fourth-order valence-corrected chi connectivity index (χ4v) is 4.41. The van der Waals surface area contributed by atoms with Crippen LogP contribution in [0.25, 0.3) is 10.9 Å². The molecule has 0 bridgehead atoms. The number of para-hydroxylation sites is 1. The second kappa shape index (κ2) is 8.47. The maximum atomic E-state index is 13.5. The summed E-state index contributed by atoms with van der Waals surface area (Å²) < 4.78 is 1.89. The molecule has 1 saturated heterocycles. The van der Waals surface area contributed by atoms with E-state index < -0.39 is 0 Å². The number of rotatable bonds is 5. The molecule has 5 nitrogen and oxygen atoms in total. The average Bonchev–Trinajstić information content (AvgIpc) is 2.74. The number of hydrogen-bond donors (Lipinski definition) is 1. The van der Waals surface area contributed by atoms with Crippen LogP contribution in [0.4, 0.5) is 0 Å². The normalized spacial score (nSPS) is 21.3. The first kappa shape index (κ1) is 19.8. The predicted molar refractivity (Wildman–Crippen MR) is 118 cm³/mol. The van der Waals surface area contributed by atoms with Crippen molar-refractivity contribution in [3.63, 3.8) is 0 Å². The zero-order valence-corrected chi connectivity index (χ0v) is 17.5. The Kier molecular flexibility index (Phi) is 5.79. The summed E-state index contributed by atoms with van der Waals surface area (Å²) >= 11 is 0. The van der Waals surface area contributed by atoms with Gasteiger partial charge >= 0.3 is 0 Å². The first-order valence-electron chi connectivity index (χ1n) is 10.6. The third-order valence-corrected chi connectivity index (χ3v) is 5.97. The quantitative estimate of drug-likeness (QED) is 0.723. The van der Waals surface area contributed by atoms with Gasteiger partial charge in [0.2, 0.25) is 0 Å². The number of fused-ring (bicyclic) bond motifs is 1. The van der Waals surface area contributed by atoms with Crippen molar-refractivity contribution in [2.24, 2.45) is 0 Å². The molecule has 5 heteroatoms. The summed E-state index contributed by atoms with van der Waals surface area (Å²) in [6.07, 6.45) is 0.913. The van der Waals surface area contributed by atoms with E-state index in [-0.39, 0.29) is 11.6 Å². The molecule has 0 saturated carbocycles. The fraction of sp³-hybridized carbons (Fsp3) is 0.417. The molecular weight excluding hydrogens is 360 g/mol. The molecule has 3 aromatic rings. The Balaban J connectivity index is 1.86. The van der Waals surface area contributed by atoms with Crippen molar-refractivity contribution >= 4 is 10.9 Å². The Morgan fingerprint density at radius 2 is 1.83 bits per heavy atom. The lowest BCUT2D eigenvalue weighted by Gasteiger charge is -2.42. The molecule has 0 amide bonds. The molecule has 1 aliphatic heterocycles. The van der Waals surface area contributed by atoms with E-state index in [0.717, 1.165) is 36.4 Å². The molecule has 4 rings (SSSR count). The number of aromatic nitrogens is 2. The van der Waals surface area contributed by atoms with Gasteiger partial charge in [-0.2, -0.15) is 0 Å². The van der Waals surface area contributed by atoms with Crippen molar-refractivity contribution in [1.29, 1.82) is 0 Å². The zero-order chi connectivity index (χ0) is 20.4. The van der Waals surface area contributed by atoms with E-state index in [1.54, 1.807) is 0 Å². The molecule has 0 aliphatic carbocycles. The Hall–Kier alpha value is -2.50. The van der Waals surface area contributed by atoms with Gasteiger partial charge in [-0.25, -0.2) is 4.98 Å². The highest BCUT2D eigenvalue weighted by Crippen LogP contribution is 2.27. The van der Waals surface area contributed by atoms with Crippen LogP contribution in [-0.2, 0) is 6.54 Å². The van der Waals surface area contributed by atoms with Crippen LogP contribution in [0.1, 0.15) is 44.6 Å². The van der Waals surface area contributed by atoms with Gasteiger partial charge in [0, 0.05) is 25.2 Å². The van der Waals surface area contributed by atoms with E-state index in [1.807, 2.05) is 47.0 Å². The number of piperazine rings is 1. The molecule has 1 N–H and O–H groups in total. The predicted octanol–water partition coefficient (Wildman–Crippen LogP) is 3.58. The summed E-state index contributed by atoms with van der Waals surface area (Å²) in [4.78, 5) is 21.0. The van der Waals surface area contributed by atoms with Gasteiger partial charge in [-0.05, 0) is 38.0 Å². The molecule has 29 heavy (non-hydrogen) atoms. The van der Waals surface area contributed by atoms with Crippen molar-refractivity contribution in [2.45, 2.75) is 51.9 Å². The third kappa shape index (κ3) is 3.98. The van der Waals surface area contributed by atoms with Gasteiger partial charge in [0.15, 0.2) is 0 Å². The smallest absolute Gasteiger partial charge is 0.261 e. The van der Waals surface area contributed by atoms with Gasteiger partial charge in [-0.1, -0.05) is 49.4 Å². The maximum absolute atomic E-state index is 13.5. The average molecular weight is 391 g/mol. The molecule has 2 aromatic carbocycles. The number of nitrogens with one attached hydrogen (secondary N) is 1. The van der Waals surface area contributed by atoms with Crippen LogP contribution < -0.4 is 10.9 Å². The number of benzene rings is 2. The number of hydrogen-bond acceptors (Lipinski definition) is 4. The topological polar surface area (TPSA) is 50.2 Å². The monoisotopic (exact) mass is 390 g/mol. The lowest BCUT2D eigenvalue weighted by atomic mass is 10.0. The summed E-state index contributed by atoms with van der Waals surface area (Å²) in [5.41, 5.74) is 1.94. The Labute approximate surface area is 172 Å². The van der Waals surface area contributed by atoms with E-state index in [1.165, 1.54) is 0 Å². The summed E-state index contributed by atoms with van der Waals surface area (Å²) in [6, 6.07) is 18.8. The van der Waals surface area contributed by atoms with Crippen molar-refractivity contribution in [3.05, 3.63) is 76.3 Å². The van der Waals surface area contributed by atoms with Crippen molar-refractivity contribution in [3.8, 4) is 0 Å².